The van der Waals surface area contributed by atoms with Gasteiger partial charge in [0.15, 0.2) is 0 Å². The van der Waals surface area contributed by atoms with Gasteiger partial charge in [0.25, 0.3) is 0 Å². The van der Waals surface area contributed by atoms with Crippen LogP contribution < -0.4 is 0 Å². The summed E-state index contributed by atoms with van der Waals surface area (Å²) in [7, 11) is 0. The molecule has 0 atom stereocenters. The van der Waals surface area contributed by atoms with Crippen LogP contribution in [0.3, 0.4) is 0 Å². The number of aryl methyl sites for hydroxylation is 3. The fourth-order valence-electron chi connectivity index (χ4n) is 1.68. The molecule has 15 heavy (non-hydrogen) atoms. The van der Waals surface area contributed by atoms with Gasteiger partial charge in [0.2, 0.25) is 0 Å². The molecule has 1 heterocycles. The molecule has 0 bridgehead atoms. The van der Waals surface area contributed by atoms with Crippen LogP contribution >= 0.6 is 11.3 Å². The summed E-state index contributed by atoms with van der Waals surface area (Å²) in [4.78, 5) is 1.50. The highest BCUT2D eigenvalue weighted by Gasteiger charge is 1.96. The minimum atomic E-state index is 1.19. The van der Waals surface area contributed by atoms with E-state index in [9.17, 15) is 0 Å². The first-order valence-electron chi connectivity index (χ1n) is 5.42. The minimum Gasteiger partial charge on any atom is -0.149 e. The largest absolute Gasteiger partial charge is 0.149 e. The fraction of sp³-hybridized carbons (Fsp3) is 0.286. The predicted octanol–water partition coefficient (Wildman–Crippen LogP) is 4.23. The van der Waals surface area contributed by atoms with Gasteiger partial charge in [-0.3, -0.25) is 0 Å². The summed E-state index contributed by atoms with van der Waals surface area (Å²) in [5, 5.41) is 2.15. The lowest BCUT2D eigenvalue weighted by atomic mass is 10.1. The van der Waals surface area contributed by atoms with Crippen LogP contribution in [0.5, 0.6) is 0 Å². The number of hydrogen-bond acceptors (Lipinski definition) is 1. The molecule has 0 fully saturated rings. The molecular formula is C14H16S. The molecule has 0 amide bonds. The van der Waals surface area contributed by atoms with E-state index in [4.69, 9.17) is 0 Å². The Kier molecular flexibility index (Phi) is 3.57. The zero-order valence-corrected chi connectivity index (χ0v) is 9.89. The first kappa shape index (κ1) is 10.4. The summed E-state index contributed by atoms with van der Waals surface area (Å²) >= 11 is 1.86. The summed E-state index contributed by atoms with van der Waals surface area (Å²) < 4.78 is 0. The van der Waals surface area contributed by atoms with Crippen LogP contribution in [0.2, 0.25) is 0 Å². The maximum absolute atomic E-state index is 2.24. The molecule has 0 nitrogen and oxygen atoms in total. The number of thiophene rings is 1. The summed E-state index contributed by atoms with van der Waals surface area (Å²) in [6, 6.07) is 13.2. The quantitative estimate of drug-likeness (QED) is 0.717. The van der Waals surface area contributed by atoms with Gasteiger partial charge in [-0.2, -0.15) is 0 Å². The highest BCUT2D eigenvalue weighted by molar-refractivity contribution is 7.09. The van der Waals surface area contributed by atoms with E-state index in [1.54, 1.807) is 0 Å². The van der Waals surface area contributed by atoms with E-state index in [1.165, 1.54) is 35.3 Å². The van der Waals surface area contributed by atoms with Gasteiger partial charge >= 0.3 is 0 Å². The van der Waals surface area contributed by atoms with Gasteiger partial charge in [-0.15, -0.1) is 11.3 Å². The third kappa shape index (κ3) is 3.21. The van der Waals surface area contributed by atoms with E-state index in [1.807, 2.05) is 11.3 Å². The van der Waals surface area contributed by atoms with Crippen molar-refractivity contribution in [1.82, 2.24) is 0 Å². The lowest BCUT2D eigenvalue weighted by Crippen LogP contribution is -1.88. The lowest BCUT2D eigenvalue weighted by molar-refractivity contribution is 0.831. The van der Waals surface area contributed by atoms with Gasteiger partial charge in [0, 0.05) is 4.88 Å². The molecule has 0 saturated heterocycles. The standard InChI is InChI=1S/C14H16S/c1-12-7-9-13(10-8-12)4-2-5-14-6-3-11-15-14/h3,6-11H,2,4-5H2,1H3. The van der Waals surface area contributed by atoms with Crippen LogP contribution in [0.4, 0.5) is 0 Å². The smallest absolute Gasteiger partial charge is 0.00453 e. The minimum absolute atomic E-state index is 1.19. The molecule has 1 aromatic heterocycles. The molecule has 0 spiro atoms. The average molecular weight is 216 g/mol. The Morgan fingerprint density at radius 3 is 2.47 bits per heavy atom. The van der Waals surface area contributed by atoms with E-state index in [0.29, 0.717) is 0 Å². The average Bonchev–Trinajstić information content (AvgIpc) is 2.74. The van der Waals surface area contributed by atoms with Gasteiger partial charge < -0.3 is 0 Å². The van der Waals surface area contributed by atoms with Crippen LogP contribution in [-0.2, 0) is 12.8 Å². The van der Waals surface area contributed by atoms with E-state index < -0.39 is 0 Å². The van der Waals surface area contributed by atoms with Crippen molar-refractivity contribution in [3.63, 3.8) is 0 Å². The van der Waals surface area contributed by atoms with Gasteiger partial charge in [-0.25, -0.2) is 0 Å². The van der Waals surface area contributed by atoms with Crippen molar-refractivity contribution in [2.24, 2.45) is 0 Å². The Labute approximate surface area is 95.6 Å². The van der Waals surface area contributed by atoms with Gasteiger partial charge in [-0.1, -0.05) is 35.9 Å². The highest BCUT2D eigenvalue weighted by Crippen LogP contribution is 2.13. The summed E-state index contributed by atoms with van der Waals surface area (Å²) in [6.07, 6.45) is 3.66. The summed E-state index contributed by atoms with van der Waals surface area (Å²) in [5.41, 5.74) is 2.80. The Morgan fingerprint density at radius 2 is 1.80 bits per heavy atom. The molecule has 2 aromatic rings. The van der Waals surface area contributed by atoms with Crippen molar-refractivity contribution in [3.05, 3.63) is 57.8 Å². The summed E-state index contributed by atoms with van der Waals surface area (Å²) in [6.45, 7) is 2.13. The van der Waals surface area contributed by atoms with Crippen molar-refractivity contribution in [2.45, 2.75) is 26.2 Å². The van der Waals surface area contributed by atoms with Crippen LogP contribution in [0.25, 0.3) is 0 Å². The Balaban J connectivity index is 1.81. The molecule has 0 aliphatic heterocycles. The normalized spacial score (nSPS) is 10.5. The summed E-state index contributed by atoms with van der Waals surface area (Å²) in [5.74, 6) is 0. The lowest BCUT2D eigenvalue weighted by Gasteiger charge is -2.01. The first-order chi connectivity index (χ1) is 7.34. The fourth-order valence-corrected chi connectivity index (χ4v) is 2.43. The molecule has 78 valence electrons. The van der Waals surface area contributed by atoms with Crippen molar-refractivity contribution < 1.29 is 0 Å². The zero-order valence-electron chi connectivity index (χ0n) is 9.07. The van der Waals surface area contributed by atoms with E-state index in [-0.39, 0.29) is 0 Å². The van der Waals surface area contributed by atoms with Crippen molar-refractivity contribution in [3.8, 4) is 0 Å². The first-order valence-corrected chi connectivity index (χ1v) is 6.30. The maximum atomic E-state index is 2.24. The van der Waals surface area contributed by atoms with E-state index >= 15 is 0 Å². The molecular weight excluding hydrogens is 200 g/mol. The zero-order chi connectivity index (χ0) is 10.5. The molecule has 2 rings (SSSR count). The molecule has 0 aliphatic carbocycles. The van der Waals surface area contributed by atoms with E-state index in [0.717, 1.165) is 0 Å². The third-order valence-electron chi connectivity index (χ3n) is 2.59. The van der Waals surface area contributed by atoms with Crippen LogP contribution in [0.1, 0.15) is 22.4 Å². The number of benzene rings is 1. The van der Waals surface area contributed by atoms with Crippen LogP contribution in [0.15, 0.2) is 41.8 Å². The molecule has 0 radical (unpaired) electrons. The molecule has 0 unspecified atom stereocenters. The topological polar surface area (TPSA) is 0 Å². The molecule has 1 heteroatoms. The van der Waals surface area contributed by atoms with Crippen molar-refractivity contribution in [1.29, 1.82) is 0 Å². The third-order valence-corrected chi connectivity index (χ3v) is 3.53. The van der Waals surface area contributed by atoms with Crippen molar-refractivity contribution >= 4 is 11.3 Å². The molecule has 1 aromatic carbocycles. The SMILES string of the molecule is Cc1ccc(CCCc2cccs2)cc1. The van der Waals surface area contributed by atoms with Crippen LogP contribution in [0, 0.1) is 6.92 Å². The molecule has 0 aliphatic rings. The highest BCUT2D eigenvalue weighted by atomic mass is 32.1. The monoisotopic (exact) mass is 216 g/mol. The van der Waals surface area contributed by atoms with E-state index in [2.05, 4.69) is 48.7 Å². The Bertz CT molecular complexity index is 384. The number of hydrogen-bond donors (Lipinski definition) is 0. The maximum Gasteiger partial charge on any atom is 0.00453 e. The predicted molar refractivity (Wildman–Crippen MR) is 67.5 cm³/mol. The second kappa shape index (κ2) is 5.13. The van der Waals surface area contributed by atoms with Gasteiger partial charge in [0.1, 0.15) is 0 Å². The van der Waals surface area contributed by atoms with Crippen LogP contribution in [-0.4, -0.2) is 0 Å². The molecule has 0 N–H and O–H groups in total. The Morgan fingerprint density at radius 1 is 1.00 bits per heavy atom. The van der Waals surface area contributed by atoms with Crippen molar-refractivity contribution in [2.75, 3.05) is 0 Å². The van der Waals surface area contributed by atoms with Gasteiger partial charge in [-0.05, 0) is 43.2 Å². The second-order valence-corrected chi connectivity index (χ2v) is 4.95. The second-order valence-electron chi connectivity index (χ2n) is 3.92. The number of rotatable bonds is 4. The molecule has 0 saturated carbocycles. The Hall–Kier alpha value is -1.08. The van der Waals surface area contributed by atoms with Gasteiger partial charge in [0.05, 0.1) is 0 Å².